The Morgan fingerprint density at radius 2 is 1.46 bits per heavy atom. The second-order valence-corrected chi connectivity index (χ2v) is 10.2. The molecule has 6 nitrogen and oxygen atoms in total. The summed E-state index contributed by atoms with van der Waals surface area (Å²) < 4.78 is 17.7. The Morgan fingerprint density at radius 1 is 0.857 bits per heavy atom. The van der Waals surface area contributed by atoms with E-state index < -0.39 is 23.7 Å². The minimum absolute atomic E-state index is 0.121. The monoisotopic (exact) mass is 587 g/mol. The molecular weight excluding hydrogens is 557 g/mol. The van der Waals surface area contributed by atoms with Crippen LogP contribution >= 0.6 is 22.6 Å². The van der Waals surface area contributed by atoms with Crippen LogP contribution in [0.1, 0.15) is 37.5 Å². The summed E-state index contributed by atoms with van der Waals surface area (Å²) in [6, 6.07) is 24.1. The summed E-state index contributed by atoms with van der Waals surface area (Å²) in [5.41, 5.74) is 2.12. The van der Waals surface area contributed by atoms with Crippen LogP contribution in [0.2, 0.25) is 0 Å². The topological polar surface area (TPSA) is 73.9 Å². The average molecular weight is 587 g/mol. The van der Waals surface area contributed by atoms with Crippen LogP contribution in [0.15, 0.2) is 78.9 Å². The Kier molecular flexibility index (Phi) is 9.54. The minimum Gasteiger partial charge on any atom is -0.488 e. The Hall–Kier alpha value is -3.07. The van der Waals surface area contributed by atoms with Gasteiger partial charge < -0.3 is 19.5 Å². The number of nitrogens with one attached hydrogen (secondary N) is 1. The molecule has 3 aromatic carbocycles. The van der Waals surface area contributed by atoms with Crippen molar-refractivity contribution in [3.05, 3.63) is 99.1 Å². The lowest BCUT2D eigenvalue weighted by Gasteiger charge is -2.23. The third-order valence-corrected chi connectivity index (χ3v) is 5.72. The molecule has 0 aliphatic rings. The van der Waals surface area contributed by atoms with E-state index in [2.05, 4.69) is 27.9 Å². The second-order valence-electron chi connectivity index (χ2n) is 9.04. The van der Waals surface area contributed by atoms with Gasteiger partial charge in [-0.05, 0) is 72.2 Å². The van der Waals surface area contributed by atoms with Gasteiger partial charge in [0, 0.05) is 6.42 Å². The maximum Gasteiger partial charge on any atom is 0.408 e. The summed E-state index contributed by atoms with van der Waals surface area (Å²) in [7, 11) is 0. The highest BCUT2D eigenvalue weighted by atomic mass is 127. The highest BCUT2D eigenvalue weighted by Gasteiger charge is 2.26. The lowest BCUT2D eigenvalue weighted by molar-refractivity contribution is -0.147. The molecule has 3 aromatic rings. The van der Waals surface area contributed by atoms with Crippen molar-refractivity contribution in [2.45, 2.75) is 52.0 Å². The van der Waals surface area contributed by atoms with Gasteiger partial charge in [-0.1, -0.05) is 66.7 Å². The fraction of sp³-hybridized carbons (Fsp3) is 0.286. The summed E-state index contributed by atoms with van der Waals surface area (Å²) >= 11 is 2.21. The van der Waals surface area contributed by atoms with Crippen LogP contribution in [0.25, 0.3) is 0 Å². The van der Waals surface area contributed by atoms with E-state index >= 15 is 0 Å². The van der Waals surface area contributed by atoms with Gasteiger partial charge in [-0.15, -0.1) is 0 Å². The van der Waals surface area contributed by atoms with Crippen molar-refractivity contribution >= 4 is 34.7 Å². The first-order valence-corrected chi connectivity index (χ1v) is 12.4. The van der Waals surface area contributed by atoms with E-state index in [0.29, 0.717) is 6.61 Å². The molecule has 0 aliphatic heterocycles. The highest BCUT2D eigenvalue weighted by molar-refractivity contribution is 14.1. The van der Waals surface area contributed by atoms with E-state index in [1.165, 1.54) is 0 Å². The van der Waals surface area contributed by atoms with Crippen LogP contribution in [0.3, 0.4) is 0 Å². The van der Waals surface area contributed by atoms with Crippen LogP contribution in [0, 0.1) is 3.57 Å². The van der Waals surface area contributed by atoms with E-state index in [0.717, 1.165) is 26.0 Å². The maximum atomic E-state index is 12.9. The largest absolute Gasteiger partial charge is 0.488 e. The molecule has 0 radical (unpaired) electrons. The van der Waals surface area contributed by atoms with Gasteiger partial charge in [0.1, 0.15) is 30.6 Å². The lowest BCUT2D eigenvalue weighted by Crippen LogP contribution is -2.45. The number of benzene rings is 3. The molecule has 0 unspecified atom stereocenters. The Balaban J connectivity index is 1.68. The van der Waals surface area contributed by atoms with Gasteiger partial charge in [0.05, 0.1) is 3.57 Å². The third kappa shape index (κ3) is 9.24. The van der Waals surface area contributed by atoms with Gasteiger partial charge in [-0.2, -0.15) is 0 Å². The Bertz CT molecular complexity index is 1110. The minimum atomic E-state index is -0.902. The first kappa shape index (κ1) is 26.5. The summed E-state index contributed by atoms with van der Waals surface area (Å²) in [5.74, 6) is 0.223. The molecule has 0 heterocycles. The number of esters is 1. The van der Waals surface area contributed by atoms with Crippen LogP contribution in [-0.2, 0) is 33.9 Å². The van der Waals surface area contributed by atoms with Crippen molar-refractivity contribution in [2.24, 2.45) is 0 Å². The predicted molar refractivity (Wildman–Crippen MR) is 143 cm³/mol. The number of amides is 1. The van der Waals surface area contributed by atoms with Gasteiger partial charge >= 0.3 is 12.1 Å². The fourth-order valence-corrected chi connectivity index (χ4v) is 3.97. The zero-order valence-corrected chi connectivity index (χ0v) is 22.3. The number of carbonyl (C=O) groups excluding carboxylic acids is 2. The normalized spacial score (nSPS) is 11.9. The standard InChI is InChI=1S/C28H30INO5/c1-28(2,3)35-27(32)30-24(26(31)34-19-21-12-8-5-9-13-21)17-22-14-15-25(23(29)16-22)33-18-20-10-6-4-7-11-20/h4-16,24H,17-19H2,1-3H3,(H,30,32)/t24-/m0/s1. The molecule has 1 amide bonds. The number of hydrogen-bond acceptors (Lipinski definition) is 5. The number of alkyl carbamates (subject to hydrolysis) is 1. The molecular formula is C28H30INO5. The molecule has 0 fully saturated rings. The smallest absolute Gasteiger partial charge is 0.408 e. The second kappa shape index (κ2) is 12.6. The van der Waals surface area contributed by atoms with Gasteiger partial charge in [0.25, 0.3) is 0 Å². The highest BCUT2D eigenvalue weighted by Crippen LogP contribution is 2.24. The SMILES string of the molecule is CC(C)(C)OC(=O)N[C@@H](Cc1ccc(OCc2ccccc2)c(I)c1)C(=O)OCc1ccccc1. The Morgan fingerprint density at radius 3 is 2.03 bits per heavy atom. The lowest BCUT2D eigenvalue weighted by atomic mass is 10.1. The first-order valence-electron chi connectivity index (χ1n) is 11.3. The van der Waals surface area contributed by atoms with Crippen molar-refractivity contribution in [3.63, 3.8) is 0 Å². The molecule has 1 atom stereocenters. The molecule has 3 rings (SSSR count). The molecule has 0 spiro atoms. The van der Waals surface area contributed by atoms with Crippen LogP contribution < -0.4 is 10.1 Å². The van der Waals surface area contributed by atoms with Gasteiger partial charge in [0.15, 0.2) is 0 Å². The number of rotatable bonds is 9. The third-order valence-electron chi connectivity index (χ3n) is 4.87. The molecule has 0 aliphatic carbocycles. The Labute approximate surface area is 220 Å². The summed E-state index contributed by atoms with van der Waals surface area (Å²) in [6.45, 7) is 5.89. The molecule has 0 bridgehead atoms. The summed E-state index contributed by atoms with van der Waals surface area (Å²) in [4.78, 5) is 25.3. The van der Waals surface area contributed by atoms with E-state index in [4.69, 9.17) is 14.2 Å². The quantitative estimate of drug-likeness (QED) is 0.244. The number of hydrogen-bond donors (Lipinski definition) is 1. The van der Waals surface area contributed by atoms with Crippen LogP contribution in [0.5, 0.6) is 5.75 Å². The van der Waals surface area contributed by atoms with Gasteiger partial charge in [-0.3, -0.25) is 0 Å². The molecule has 184 valence electrons. The average Bonchev–Trinajstić information content (AvgIpc) is 2.82. The van der Waals surface area contributed by atoms with E-state index in [9.17, 15) is 9.59 Å². The fourth-order valence-electron chi connectivity index (χ4n) is 3.23. The number of halogens is 1. The number of carbonyl (C=O) groups is 2. The van der Waals surface area contributed by atoms with Crippen molar-refractivity contribution in [2.75, 3.05) is 0 Å². The zero-order valence-electron chi connectivity index (χ0n) is 20.1. The predicted octanol–water partition coefficient (Wildman–Crippen LogP) is 6.05. The first-order chi connectivity index (χ1) is 16.7. The summed E-state index contributed by atoms with van der Waals surface area (Å²) in [6.07, 6.45) is -0.418. The zero-order chi connectivity index (χ0) is 25.3. The van der Waals surface area contributed by atoms with Gasteiger partial charge in [0.2, 0.25) is 0 Å². The van der Waals surface area contributed by atoms with Crippen molar-refractivity contribution < 1.29 is 23.8 Å². The molecule has 0 saturated heterocycles. The molecule has 0 saturated carbocycles. The van der Waals surface area contributed by atoms with Crippen molar-refractivity contribution in [3.8, 4) is 5.75 Å². The van der Waals surface area contributed by atoms with E-state index in [-0.39, 0.29) is 13.0 Å². The summed E-state index contributed by atoms with van der Waals surface area (Å²) in [5, 5.41) is 2.67. The van der Waals surface area contributed by atoms with Crippen LogP contribution in [-0.4, -0.2) is 23.7 Å². The molecule has 0 aromatic heterocycles. The van der Waals surface area contributed by atoms with Crippen molar-refractivity contribution in [1.82, 2.24) is 5.32 Å². The molecule has 1 N–H and O–H groups in total. The maximum absolute atomic E-state index is 12.9. The van der Waals surface area contributed by atoms with Crippen molar-refractivity contribution in [1.29, 1.82) is 0 Å². The number of ether oxygens (including phenoxy) is 3. The van der Waals surface area contributed by atoms with E-state index in [1.54, 1.807) is 20.8 Å². The molecule has 35 heavy (non-hydrogen) atoms. The van der Waals surface area contributed by atoms with Crippen LogP contribution in [0.4, 0.5) is 4.79 Å². The van der Waals surface area contributed by atoms with Gasteiger partial charge in [-0.25, -0.2) is 9.59 Å². The van der Waals surface area contributed by atoms with E-state index in [1.807, 2.05) is 78.9 Å². The molecule has 7 heteroatoms.